The second kappa shape index (κ2) is 14.4. The van der Waals surface area contributed by atoms with E-state index in [4.69, 9.17) is 10.5 Å². The summed E-state index contributed by atoms with van der Waals surface area (Å²) in [5, 5.41) is 33.7. The third kappa shape index (κ3) is 8.61. The third-order valence-corrected chi connectivity index (χ3v) is 7.12. The lowest BCUT2D eigenvalue weighted by Gasteiger charge is -2.30. The van der Waals surface area contributed by atoms with Crippen LogP contribution in [0.25, 0.3) is 0 Å². The number of carbonyl (C=O) groups is 2. The van der Waals surface area contributed by atoms with Crippen LogP contribution in [0.2, 0.25) is 0 Å². The van der Waals surface area contributed by atoms with E-state index in [1.807, 2.05) is 6.92 Å². The van der Waals surface area contributed by atoms with Crippen LogP contribution in [0.15, 0.2) is 35.4 Å². The number of hydrogen-bond acceptors (Lipinski definition) is 6. The quantitative estimate of drug-likeness (QED) is 0.370. The molecule has 8 nitrogen and oxygen atoms in total. The van der Waals surface area contributed by atoms with Gasteiger partial charge in [-0.2, -0.15) is 0 Å². The van der Waals surface area contributed by atoms with Gasteiger partial charge in [-0.25, -0.2) is 13.6 Å². The Kier molecular flexibility index (Phi) is 11.9. The number of rotatable bonds is 3. The molecule has 0 fully saturated rings. The number of anilines is 1. The van der Waals surface area contributed by atoms with Crippen LogP contribution in [0.5, 0.6) is 0 Å². The third-order valence-electron chi connectivity index (χ3n) is 7.12. The zero-order valence-corrected chi connectivity index (χ0v) is 22.4. The summed E-state index contributed by atoms with van der Waals surface area (Å²) in [7, 11) is 0. The summed E-state index contributed by atoms with van der Waals surface area (Å²) in [6.07, 6.45) is 1.63. The van der Waals surface area contributed by atoms with E-state index in [1.165, 1.54) is 6.07 Å². The minimum Gasteiger partial charge on any atom is -0.441 e. The molecule has 0 spiro atoms. The largest absolute Gasteiger partial charge is 0.441 e. The molecule has 1 aromatic carbocycles. The number of nitrogens with two attached hydrogens (primary N) is 1. The van der Waals surface area contributed by atoms with Gasteiger partial charge < -0.3 is 31.1 Å². The van der Waals surface area contributed by atoms with Gasteiger partial charge >= 0.3 is 6.09 Å². The fourth-order valence-electron chi connectivity index (χ4n) is 5.06. The molecule has 1 aromatic rings. The molecule has 2 rings (SSSR count). The molecule has 0 aromatic heterocycles. The molecule has 1 aliphatic rings. The van der Waals surface area contributed by atoms with E-state index in [0.29, 0.717) is 30.4 Å². The average molecular weight is 539 g/mol. The average Bonchev–Trinajstić information content (AvgIpc) is 2.85. The summed E-state index contributed by atoms with van der Waals surface area (Å²) in [6.45, 7) is 6.18. The lowest BCUT2D eigenvalue weighted by molar-refractivity contribution is -0.112. The highest BCUT2D eigenvalue weighted by Gasteiger charge is 2.29. The van der Waals surface area contributed by atoms with E-state index in [0.717, 1.165) is 6.07 Å². The maximum absolute atomic E-state index is 14.6. The molecular formula is C28H40F2N2O6. The van der Waals surface area contributed by atoms with Crippen LogP contribution < -0.4 is 11.1 Å². The number of aliphatic hydroxyl groups is 3. The fourth-order valence-corrected chi connectivity index (χ4v) is 5.06. The highest BCUT2D eigenvalue weighted by Crippen LogP contribution is 2.29. The summed E-state index contributed by atoms with van der Waals surface area (Å²) >= 11 is 0. The molecule has 0 saturated carbocycles. The Morgan fingerprint density at radius 2 is 1.82 bits per heavy atom. The van der Waals surface area contributed by atoms with Gasteiger partial charge in [0.15, 0.2) is 11.6 Å². The summed E-state index contributed by atoms with van der Waals surface area (Å²) < 4.78 is 34.3. The molecule has 6 atom stereocenters. The summed E-state index contributed by atoms with van der Waals surface area (Å²) in [4.78, 5) is 24.3. The first kappa shape index (κ1) is 31.4. The molecular weight excluding hydrogens is 498 g/mol. The number of nitrogens with one attached hydrogen (secondary N) is 1. The van der Waals surface area contributed by atoms with Gasteiger partial charge in [0.05, 0.1) is 6.10 Å². The molecule has 6 N–H and O–H groups in total. The van der Waals surface area contributed by atoms with E-state index >= 15 is 0 Å². The number of carbonyl (C=O) groups excluding carboxylic acids is 2. The molecule has 1 heterocycles. The van der Waals surface area contributed by atoms with E-state index in [1.54, 1.807) is 32.9 Å². The van der Waals surface area contributed by atoms with Crippen molar-refractivity contribution in [1.82, 2.24) is 0 Å². The summed E-state index contributed by atoms with van der Waals surface area (Å²) in [5.41, 5.74) is 6.39. The Bertz CT molecular complexity index is 1040. The number of benzene rings is 1. The molecule has 2 amide bonds. The number of halogens is 2. The Hall–Kier alpha value is -2.82. The predicted molar refractivity (Wildman–Crippen MR) is 140 cm³/mol. The van der Waals surface area contributed by atoms with Crippen molar-refractivity contribution in [3.63, 3.8) is 0 Å². The van der Waals surface area contributed by atoms with Crippen LogP contribution in [0.1, 0.15) is 52.5 Å². The number of aliphatic hydroxyl groups excluding tert-OH is 3. The highest BCUT2D eigenvalue weighted by molar-refractivity contribution is 6.03. The Morgan fingerprint density at radius 1 is 1.16 bits per heavy atom. The van der Waals surface area contributed by atoms with Gasteiger partial charge in [-0.3, -0.25) is 4.79 Å². The molecule has 1 aliphatic heterocycles. The maximum Gasteiger partial charge on any atom is 0.405 e. The molecule has 212 valence electrons. The van der Waals surface area contributed by atoms with Crippen molar-refractivity contribution in [2.45, 2.75) is 65.6 Å². The summed E-state index contributed by atoms with van der Waals surface area (Å²) in [5.74, 6) is -4.41. The fraction of sp³-hybridized carbons (Fsp3) is 0.571. The molecule has 38 heavy (non-hydrogen) atoms. The number of ether oxygens (including phenoxy) is 1. The van der Waals surface area contributed by atoms with Crippen LogP contribution in [-0.4, -0.2) is 52.7 Å². The van der Waals surface area contributed by atoms with Gasteiger partial charge in [0.25, 0.3) is 5.91 Å². The smallest absolute Gasteiger partial charge is 0.405 e. The van der Waals surface area contributed by atoms with Crippen LogP contribution in [0.3, 0.4) is 0 Å². The second-order valence-corrected chi connectivity index (χ2v) is 10.4. The van der Waals surface area contributed by atoms with E-state index in [9.17, 15) is 33.7 Å². The van der Waals surface area contributed by atoms with Gasteiger partial charge in [0.2, 0.25) is 0 Å². The van der Waals surface area contributed by atoms with Crippen molar-refractivity contribution in [3.8, 4) is 0 Å². The Labute approximate surface area is 222 Å². The molecule has 0 unspecified atom stereocenters. The van der Waals surface area contributed by atoms with Crippen LogP contribution >= 0.6 is 0 Å². The number of allylic oxidation sites excluding steroid dienone is 1. The number of hydrogen-bond donors (Lipinski definition) is 5. The van der Waals surface area contributed by atoms with Crippen molar-refractivity contribution in [1.29, 1.82) is 0 Å². The Morgan fingerprint density at radius 3 is 2.42 bits per heavy atom. The molecule has 0 radical (unpaired) electrons. The second-order valence-electron chi connectivity index (χ2n) is 10.4. The van der Waals surface area contributed by atoms with Crippen LogP contribution in [0.4, 0.5) is 19.3 Å². The standard InChI is InChI=1S/C28H40F2N2O6/c1-15-8-20-11-22(12-23(29)24(20)30)32-27(36)16(2)6-5-7-19(13-33)26(38-28(31)37)18(4)10-17(3)25(35)21(9-15)14-34/h6,10-12,15,17,19,21,25-26,33-35H,5,7-9,13-14H2,1-4H3,(H2,31,37)(H,32,36)/t15-,17+,19-,21-,25-,26+/m1/s1. The Balaban J connectivity index is 2.51. The SMILES string of the molecule is CC1=CCC[C@H](CO)[C@@H](OC(N)=O)C(C)=C[C@H](C)[C@@H](O)[C@@H](CO)C[C@H](C)Cc2cc(cc(F)c2F)NC1=O. The van der Waals surface area contributed by atoms with Crippen LogP contribution in [-0.2, 0) is 16.0 Å². The number of primary amides is 1. The first-order chi connectivity index (χ1) is 17.9. The minimum absolute atomic E-state index is 0.0829. The maximum atomic E-state index is 14.6. The van der Waals surface area contributed by atoms with E-state index < -0.39 is 53.6 Å². The van der Waals surface area contributed by atoms with Crippen molar-refractivity contribution in [3.05, 3.63) is 52.6 Å². The molecule has 0 saturated heterocycles. The molecule has 10 heteroatoms. The first-order valence-corrected chi connectivity index (χ1v) is 12.9. The van der Waals surface area contributed by atoms with E-state index in [-0.39, 0.29) is 36.8 Å². The molecule has 0 aliphatic carbocycles. The first-order valence-electron chi connectivity index (χ1n) is 12.9. The van der Waals surface area contributed by atoms with Gasteiger partial charge in [0.1, 0.15) is 6.10 Å². The lowest BCUT2D eigenvalue weighted by Crippen LogP contribution is -2.34. The highest BCUT2D eigenvalue weighted by atomic mass is 19.2. The number of fused-ring (bicyclic) bond motifs is 2. The topological polar surface area (TPSA) is 142 Å². The predicted octanol–water partition coefficient (Wildman–Crippen LogP) is 3.84. The van der Waals surface area contributed by atoms with Gasteiger partial charge in [-0.05, 0) is 62.7 Å². The van der Waals surface area contributed by atoms with Gasteiger partial charge in [-0.1, -0.05) is 26.0 Å². The molecule has 2 bridgehead atoms. The zero-order valence-electron chi connectivity index (χ0n) is 22.4. The van der Waals surface area contributed by atoms with E-state index in [2.05, 4.69) is 5.32 Å². The van der Waals surface area contributed by atoms with Crippen molar-refractivity contribution in [2.75, 3.05) is 18.5 Å². The zero-order chi connectivity index (χ0) is 28.6. The normalized spacial score (nSPS) is 28.2. The lowest BCUT2D eigenvalue weighted by atomic mass is 9.82. The van der Waals surface area contributed by atoms with Crippen LogP contribution in [0, 0.1) is 35.3 Å². The van der Waals surface area contributed by atoms with Gasteiger partial charge in [0, 0.05) is 48.3 Å². The number of amides is 2. The minimum atomic E-state index is -1.09. The van der Waals surface area contributed by atoms with Crippen molar-refractivity contribution in [2.24, 2.45) is 29.4 Å². The van der Waals surface area contributed by atoms with Gasteiger partial charge in [-0.15, -0.1) is 0 Å². The summed E-state index contributed by atoms with van der Waals surface area (Å²) in [6, 6.07) is 2.31. The monoisotopic (exact) mass is 538 g/mol. The van der Waals surface area contributed by atoms with Crippen molar-refractivity contribution < 1.29 is 38.4 Å². The van der Waals surface area contributed by atoms with Crippen molar-refractivity contribution >= 4 is 17.7 Å².